The number of hydrogen-bond donors (Lipinski definition) is 0. The highest BCUT2D eigenvalue weighted by Crippen LogP contribution is 2.43. The van der Waals surface area contributed by atoms with Crippen molar-refractivity contribution < 1.29 is 0 Å². The van der Waals surface area contributed by atoms with Gasteiger partial charge >= 0.3 is 0 Å². The van der Waals surface area contributed by atoms with Gasteiger partial charge in [-0.15, -0.1) is 11.3 Å². The predicted octanol–water partition coefficient (Wildman–Crippen LogP) is 7.78. The normalized spacial score (nSPS) is 16.0. The topological polar surface area (TPSA) is 34.9 Å². The average molecular weight is 538 g/mol. The Morgan fingerprint density at radius 2 is 1.91 bits per heavy atom. The summed E-state index contributed by atoms with van der Waals surface area (Å²) in [6, 6.07) is 17.3. The molecule has 0 saturated heterocycles. The van der Waals surface area contributed by atoms with E-state index in [2.05, 4.69) is 63.0 Å². The summed E-state index contributed by atoms with van der Waals surface area (Å²) >= 11 is 6.98. The zero-order valence-electron chi connectivity index (χ0n) is 18.4. The van der Waals surface area contributed by atoms with Gasteiger partial charge in [-0.3, -0.25) is 9.36 Å². The number of hydrogen-bond acceptors (Lipinski definition) is 4. The zero-order valence-corrected chi connectivity index (χ0v) is 21.6. The lowest BCUT2D eigenvalue weighted by atomic mass is 9.90. The second-order valence-corrected chi connectivity index (χ2v) is 11.9. The summed E-state index contributed by atoms with van der Waals surface area (Å²) < 4.78 is 3.15. The molecule has 4 aromatic rings. The Morgan fingerprint density at radius 3 is 2.76 bits per heavy atom. The molecule has 6 heteroatoms. The van der Waals surface area contributed by atoms with Crippen molar-refractivity contribution in [3.05, 3.63) is 80.0 Å². The van der Waals surface area contributed by atoms with E-state index in [0.29, 0.717) is 0 Å². The van der Waals surface area contributed by atoms with Gasteiger partial charge in [0.25, 0.3) is 5.56 Å². The van der Waals surface area contributed by atoms with Gasteiger partial charge in [0.1, 0.15) is 4.83 Å². The SMILES string of the molecule is O=c1c2c3c(sc2nc(SCc2cccc(Br)c2)n1C1CCCCC1)-c1ccccc1CC3. The molecular weight excluding hydrogens is 512 g/mol. The van der Waals surface area contributed by atoms with Crippen LogP contribution in [0.1, 0.15) is 54.8 Å². The molecule has 3 nitrogen and oxygen atoms in total. The Labute approximate surface area is 210 Å². The van der Waals surface area contributed by atoms with Gasteiger partial charge in [-0.25, -0.2) is 4.98 Å². The van der Waals surface area contributed by atoms with E-state index >= 15 is 0 Å². The van der Waals surface area contributed by atoms with Gasteiger partial charge in [-0.1, -0.05) is 83.4 Å². The Bertz CT molecular complexity index is 1400. The molecule has 2 aromatic carbocycles. The maximum absolute atomic E-state index is 14.1. The molecule has 2 heterocycles. The van der Waals surface area contributed by atoms with Gasteiger partial charge in [0.2, 0.25) is 0 Å². The maximum Gasteiger partial charge on any atom is 0.263 e. The van der Waals surface area contributed by atoms with Crippen molar-refractivity contribution in [3.63, 3.8) is 0 Å². The van der Waals surface area contributed by atoms with E-state index < -0.39 is 0 Å². The van der Waals surface area contributed by atoms with Gasteiger partial charge < -0.3 is 0 Å². The first-order valence-electron chi connectivity index (χ1n) is 11.7. The van der Waals surface area contributed by atoms with Crippen LogP contribution in [0.25, 0.3) is 20.7 Å². The van der Waals surface area contributed by atoms with Crippen molar-refractivity contribution >= 4 is 49.2 Å². The number of halogens is 1. The molecule has 0 atom stereocenters. The van der Waals surface area contributed by atoms with Crippen molar-refractivity contribution in [1.82, 2.24) is 9.55 Å². The Morgan fingerprint density at radius 1 is 1.06 bits per heavy atom. The molecule has 0 bridgehead atoms. The molecule has 2 aliphatic carbocycles. The summed E-state index contributed by atoms with van der Waals surface area (Å²) in [5.74, 6) is 0.804. The van der Waals surface area contributed by atoms with Crippen LogP contribution in [0.15, 0.2) is 63.0 Å². The summed E-state index contributed by atoms with van der Waals surface area (Å²) in [6.45, 7) is 0. The largest absolute Gasteiger partial charge is 0.284 e. The molecule has 0 spiro atoms. The summed E-state index contributed by atoms with van der Waals surface area (Å²) in [7, 11) is 0. The third-order valence-corrected chi connectivity index (χ3v) is 9.60. The van der Waals surface area contributed by atoms with Gasteiger partial charge in [0, 0.05) is 21.1 Å². The molecule has 2 aromatic heterocycles. The van der Waals surface area contributed by atoms with Gasteiger partial charge in [0.15, 0.2) is 5.16 Å². The van der Waals surface area contributed by atoms with E-state index in [1.165, 1.54) is 46.4 Å². The third kappa shape index (κ3) is 4.00. The molecule has 0 unspecified atom stereocenters. The standard InChI is InChI=1S/C27H25BrN2OS2/c28-19-9-6-7-17(15-19)16-32-27-29-25-23(26(31)30(27)20-10-2-1-3-11-20)22-14-13-18-8-4-5-12-21(18)24(22)33-25/h4-9,12,15,20H,1-3,10-11,13-14,16H2. The highest BCUT2D eigenvalue weighted by atomic mass is 79.9. The van der Waals surface area contributed by atoms with E-state index in [1.807, 2.05) is 6.07 Å². The summed E-state index contributed by atoms with van der Waals surface area (Å²) in [6.07, 6.45) is 7.74. The summed E-state index contributed by atoms with van der Waals surface area (Å²) in [4.78, 5) is 21.4. The van der Waals surface area contributed by atoms with E-state index in [1.54, 1.807) is 23.1 Å². The van der Waals surface area contributed by atoms with Crippen LogP contribution in [0, 0.1) is 0 Å². The summed E-state index contributed by atoms with van der Waals surface area (Å²) in [5.41, 5.74) is 5.31. The number of benzene rings is 2. The fourth-order valence-electron chi connectivity index (χ4n) is 5.31. The molecule has 6 rings (SSSR count). The number of nitrogens with zero attached hydrogens (tertiary/aromatic N) is 2. The van der Waals surface area contributed by atoms with Crippen LogP contribution >= 0.6 is 39.0 Å². The fourth-order valence-corrected chi connectivity index (χ4v) is 8.09. The van der Waals surface area contributed by atoms with Crippen molar-refractivity contribution in [3.8, 4) is 10.4 Å². The number of rotatable bonds is 4. The molecule has 33 heavy (non-hydrogen) atoms. The number of aryl methyl sites for hydroxylation is 2. The quantitative estimate of drug-likeness (QED) is 0.197. The predicted molar refractivity (Wildman–Crippen MR) is 143 cm³/mol. The van der Waals surface area contributed by atoms with Crippen LogP contribution in [0.3, 0.4) is 0 Å². The first-order valence-corrected chi connectivity index (χ1v) is 14.3. The van der Waals surface area contributed by atoms with E-state index in [4.69, 9.17) is 4.98 Å². The highest BCUT2D eigenvalue weighted by Gasteiger charge is 2.28. The fraction of sp³-hybridized carbons (Fsp3) is 0.333. The first-order chi connectivity index (χ1) is 16.2. The van der Waals surface area contributed by atoms with Crippen LogP contribution in [0.5, 0.6) is 0 Å². The Hall–Kier alpha value is -1.89. The molecule has 1 saturated carbocycles. The second kappa shape index (κ2) is 9.05. The lowest BCUT2D eigenvalue weighted by Crippen LogP contribution is -2.29. The Balaban J connectivity index is 1.49. The van der Waals surface area contributed by atoms with Crippen molar-refractivity contribution in [2.45, 2.75) is 61.9 Å². The number of fused-ring (bicyclic) bond motifs is 5. The van der Waals surface area contributed by atoms with Crippen molar-refractivity contribution in [1.29, 1.82) is 0 Å². The molecule has 1 fully saturated rings. The van der Waals surface area contributed by atoms with Gasteiger partial charge in [-0.05, 0) is 60.1 Å². The van der Waals surface area contributed by atoms with Crippen molar-refractivity contribution in [2.75, 3.05) is 0 Å². The molecule has 0 N–H and O–H groups in total. The zero-order chi connectivity index (χ0) is 22.4. The maximum atomic E-state index is 14.1. The minimum absolute atomic E-state index is 0.181. The Kier molecular flexibility index (Phi) is 5.93. The smallest absolute Gasteiger partial charge is 0.263 e. The summed E-state index contributed by atoms with van der Waals surface area (Å²) in [5, 5.41) is 1.76. The number of aromatic nitrogens is 2. The van der Waals surface area contributed by atoms with E-state index in [-0.39, 0.29) is 11.6 Å². The highest BCUT2D eigenvalue weighted by molar-refractivity contribution is 9.10. The third-order valence-electron chi connectivity index (χ3n) is 6.93. The molecule has 0 radical (unpaired) electrons. The minimum Gasteiger partial charge on any atom is -0.284 e. The van der Waals surface area contributed by atoms with Crippen LogP contribution in [0.4, 0.5) is 0 Å². The average Bonchev–Trinajstić information content (AvgIpc) is 3.23. The van der Waals surface area contributed by atoms with Gasteiger partial charge in [-0.2, -0.15) is 0 Å². The van der Waals surface area contributed by atoms with Crippen LogP contribution < -0.4 is 5.56 Å². The lowest BCUT2D eigenvalue weighted by Gasteiger charge is -2.26. The molecule has 168 valence electrons. The molecule has 0 amide bonds. The van der Waals surface area contributed by atoms with Crippen LogP contribution in [-0.2, 0) is 18.6 Å². The van der Waals surface area contributed by atoms with Gasteiger partial charge in [0.05, 0.1) is 5.39 Å². The second-order valence-electron chi connectivity index (χ2n) is 9.03. The van der Waals surface area contributed by atoms with Crippen molar-refractivity contribution in [2.24, 2.45) is 0 Å². The number of thioether (sulfide) groups is 1. The first kappa shape index (κ1) is 21.6. The molecule has 2 aliphatic rings. The van der Waals surface area contributed by atoms with E-state index in [0.717, 1.165) is 51.3 Å². The minimum atomic E-state index is 0.181. The number of thiophene rings is 1. The van der Waals surface area contributed by atoms with Crippen LogP contribution in [-0.4, -0.2) is 9.55 Å². The molecular formula is C27H25BrN2OS2. The van der Waals surface area contributed by atoms with Crippen LogP contribution in [0.2, 0.25) is 0 Å². The lowest BCUT2D eigenvalue weighted by molar-refractivity contribution is 0.326. The molecule has 0 aliphatic heterocycles. The van der Waals surface area contributed by atoms with E-state index in [9.17, 15) is 4.79 Å². The monoisotopic (exact) mass is 536 g/mol.